The molecule has 0 aliphatic carbocycles. The molecule has 8 nitrogen and oxygen atoms in total. The van der Waals surface area contributed by atoms with E-state index >= 15 is 0 Å². The molecule has 0 atom stereocenters. The third kappa shape index (κ3) is 4.39. The zero-order valence-corrected chi connectivity index (χ0v) is 14.8. The molecule has 24 heavy (non-hydrogen) atoms. The van der Waals surface area contributed by atoms with Crippen molar-refractivity contribution in [3.05, 3.63) is 35.5 Å². The van der Waals surface area contributed by atoms with Crippen LogP contribution in [0.3, 0.4) is 0 Å². The number of nitrogens with one attached hydrogen (secondary N) is 1. The van der Waals surface area contributed by atoms with Crippen LogP contribution in [0, 0.1) is 0 Å². The fourth-order valence-electron chi connectivity index (χ4n) is 1.63. The van der Waals surface area contributed by atoms with Crippen molar-refractivity contribution < 1.29 is 9.47 Å². The highest BCUT2D eigenvalue weighted by molar-refractivity contribution is 6.35. The summed E-state index contributed by atoms with van der Waals surface area (Å²) in [5.74, 6) is 1.20. The summed E-state index contributed by atoms with van der Waals surface area (Å²) in [7, 11) is 3.18. The largest absolute Gasteiger partial charge is 0.480 e. The Morgan fingerprint density at radius 1 is 1.21 bits per heavy atom. The molecule has 2 aromatic rings. The maximum Gasteiger partial charge on any atom is 0.232 e. The van der Waals surface area contributed by atoms with E-state index in [2.05, 4.69) is 20.3 Å². The fourth-order valence-corrected chi connectivity index (χ4v) is 1.91. The van der Waals surface area contributed by atoms with Gasteiger partial charge >= 0.3 is 0 Å². The van der Waals surface area contributed by atoms with E-state index in [0.717, 1.165) is 0 Å². The van der Waals surface area contributed by atoms with Crippen molar-refractivity contribution in [2.75, 3.05) is 25.2 Å². The van der Waals surface area contributed by atoms with Crippen LogP contribution in [0.1, 0.15) is 19.5 Å². The lowest BCUT2D eigenvalue weighted by molar-refractivity contribution is 0.395. The van der Waals surface area contributed by atoms with Gasteiger partial charge in [-0.3, -0.25) is 0 Å². The molecule has 0 unspecified atom stereocenters. The second-order valence-electron chi connectivity index (χ2n) is 4.02. The normalized spacial score (nSPS) is 10.5. The van der Waals surface area contributed by atoms with E-state index in [1.54, 1.807) is 7.05 Å². The average Bonchev–Trinajstić information content (AvgIpc) is 2.63. The third-order valence-electron chi connectivity index (χ3n) is 2.72. The summed E-state index contributed by atoms with van der Waals surface area (Å²) in [6.45, 7) is 4.00. The molecule has 0 aliphatic heterocycles. The molecule has 0 radical (unpaired) electrons. The third-order valence-corrected chi connectivity index (χ3v) is 3.10. The molecule has 0 aromatic carbocycles. The zero-order valence-electron chi connectivity index (χ0n) is 14.0. The monoisotopic (exact) mass is 352 g/mol. The van der Waals surface area contributed by atoms with Crippen molar-refractivity contribution in [2.45, 2.75) is 13.8 Å². The molecule has 0 spiro atoms. The number of rotatable bonds is 5. The summed E-state index contributed by atoms with van der Waals surface area (Å²) in [5.41, 5.74) is 12.2. The van der Waals surface area contributed by atoms with Gasteiger partial charge in [-0.2, -0.15) is 0 Å². The van der Waals surface area contributed by atoms with Gasteiger partial charge in [-0.15, -0.1) is 0 Å². The minimum atomic E-state index is 0.266. The van der Waals surface area contributed by atoms with Crippen LogP contribution in [0.5, 0.6) is 11.6 Å². The lowest BCUT2D eigenvalue weighted by Gasteiger charge is -2.13. The summed E-state index contributed by atoms with van der Waals surface area (Å²) >= 11 is 6.22. The van der Waals surface area contributed by atoms with Crippen LogP contribution in [0.4, 0.5) is 11.5 Å². The molecule has 9 heteroatoms. The van der Waals surface area contributed by atoms with Gasteiger partial charge in [0.2, 0.25) is 5.88 Å². The predicted molar refractivity (Wildman–Crippen MR) is 95.9 cm³/mol. The fraction of sp³-hybridized carbons (Fsp3) is 0.267. The van der Waals surface area contributed by atoms with Crippen molar-refractivity contribution in [1.82, 2.24) is 15.0 Å². The van der Waals surface area contributed by atoms with Crippen molar-refractivity contribution in [2.24, 2.45) is 5.73 Å². The standard InChI is InChI=1S/C13H15ClN6O2.C2H6/c1-17-12-11(14)9(5-20-13(12)16)22-8(3-15)7-4-19-10(21-2)6-18-7;1-2/h3-6,17H,15H2,1-2H3,(H2,16,20);1-2H3/b8-3+;. The van der Waals surface area contributed by atoms with Crippen molar-refractivity contribution in [3.8, 4) is 11.6 Å². The molecule has 0 fully saturated rings. The molecule has 0 bridgehead atoms. The highest BCUT2D eigenvalue weighted by Gasteiger charge is 2.15. The SMILES string of the molecule is CC.CNc1c(N)ncc(O/C(=C/N)c2cnc(OC)cn2)c1Cl. The maximum atomic E-state index is 6.22. The maximum absolute atomic E-state index is 6.22. The summed E-state index contributed by atoms with van der Waals surface area (Å²) in [6.07, 6.45) is 5.57. The predicted octanol–water partition coefficient (Wildman–Crippen LogP) is 2.52. The smallest absolute Gasteiger partial charge is 0.232 e. The summed E-state index contributed by atoms with van der Waals surface area (Å²) in [6, 6.07) is 0. The Morgan fingerprint density at radius 2 is 1.92 bits per heavy atom. The van der Waals surface area contributed by atoms with E-state index in [4.69, 9.17) is 32.5 Å². The molecular formula is C15H21ClN6O2. The first-order valence-electron chi connectivity index (χ1n) is 7.18. The summed E-state index contributed by atoms with van der Waals surface area (Å²) < 4.78 is 10.6. The topological polar surface area (TPSA) is 121 Å². The molecule has 0 aliphatic rings. The first kappa shape index (κ1) is 19.3. The van der Waals surface area contributed by atoms with E-state index < -0.39 is 0 Å². The summed E-state index contributed by atoms with van der Waals surface area (Å²) in [4.78, 5) is 12.2. The van der Waals surface area contributed by atoms with Crippen LogP contribution in [-0.2, 0) is 0 Å². The van der Waals surface area contributed by atoms with Crippen LogP contribution in [0.25, 0.3) is 5.76 Å². The van der Waals surface area contributed by atoms with Crippen molar-refractivity contribution >= 4 is 28.9 Å². The Hall–Kier alpha value is -2.74. The Kier molecular flexibility index (Phi) is 7.57. The highest BCUT2D eigenvalue weighted by atomic mass is 35.5. The van der Waals surface area contributed by atoms with Gasteiger partial charge in [0.05, 0.1) is 31.4 Å². The minimum absolute atomic E-state index is 0.266. The van der Waals surface area contributed by atoms with Gasteiger partial charge in [-0.25, -0.2) is 15.0 Å². The van der Waals surface area contributed by atoms with E-state index in [1.165, 1.54) is 31.9 Å². The van der Waals surface area contributed by atoms with Gasteiger partial charge in [0, 0.05) is 13.2 Å². The van der Waals surface area contributed by atoms with E-state index in [9.17, 15) is 0 Å². The van der Waals surface area contributed by atoms with Crippen molar-refractivity contribution in [1.29, 1.82) is 0 Å². The van der Waals surface area contributed by atoms with Crippen LogP contribution >= 0.6 is 11.6 Å². The first-order valence-corrected chi connectivity index (χ1v) is 7.56. The van der Waals surface area contributed by atoms with Gasteiger partial charge in [-0.1, -0.05) is 25.4 Å². The Labute approximate surface area is 145 Å². The lowest BCUT2D eigenvalue weighted by Crippen LogP contribution is -2.05. The molecule has 0 saturated heterocycles. The van der Waals surface area contributed by atoms with E-state index in [1.807, 2.05) is 13.8 Å². The van der Waals surface area contributed by atoms with Gasteiger partial charge < -0.3 is 26.3 Å². The van der Waals surface area contributed by atoms with E-state index in [-0.39, 0.29) is 22.3 Å². The first-order chi connectivity index (χ1) is 11.6. The number of nitrogen functional groups attached to an aromatic ring is 1. The number of aromatic nitrogens is 3. The Bertz CT molecular complexity index is 691. The molecule has 130 valence electrons. The van der Waals surface area contributed by atoms with E-state index in [0.29, 0.717) is 17.3 Å². The van der Waals surface area contributed by atoms with Gasteiger partial charge in [0.25, 0.3) is 0 Å². The van der Waals surface area contributed by atoms with Crippen LogP contribution in [-0.4, -0.2) is 29.1 Å². The molecular weight excluding hydrogens is 332 g/mol. The average molecular weight is 353 g/mol. The zero-order chi connectivity index (χ0) is 18.1. The number of pyridine rings is 1. The van der Waals surface area contributed by atoms with Gasteiger partial charge in [-0.05, 0) is 0 Å². The number of halogens is 1. The van der Waals surface area contributed by atoms with Gasteiger partial charge in [0.15, 0.2) is 11.5 Å². The number of hydrogen-bond donors (Lipinski definition) is 3. The Morgan fingerprint density at radius 3 is 2.42 bits per heavy atom. The number of methoxy groups -OCH3 is 1. The Balaban J connectivity index is 0.00000139. The second-order valence-corrected chi connectivity index (χ2v) is 4.40. The number of anilines is 2. The quantitative estimate of drug-likeness (QED) is 0.702. The molecule has 0 saturated carbocycles. The number of nitrogens with two attached hydrogens (primary N) is 2. The number of ether oxygens (including phenoxy) is 2. The second kappa shape index (κ2) is 9.41. The van der Waals surface area contributed by atoms with Gasteiger partial charge in [0.1, 0.15) is 16.5 Å². The van der Waals surface area contributed by atoms with Crippen molar-refractivity contribution in [3.63, 3.8) is 0 Å². The molecule has 2 rings (SSSR count). The van der Waals surface area contributed by atoms with Crippen LogP contribution < -0.4 is 26.3 Å². The highest BCUT2D eigenvalue weighted by Crippen LogP contribution is 2.36. The summed E-state index contributed by atoms with van der Waals surface area (Å²) in [5, 5.41) is 3.14. The number of nitrogens with zero attached hydrogens (tertiary/aromatic N) is 3. The molecule has 2 heterocycles. The number of hydrogen-bond acceptors (Lipinski definition) is 8. The van der Waals surface area contributed by atoms with Crippen LogP contribution in [0.15, 0.2) is 24.8 Å². The molecule has 0 amide bonds. The minimum Gasteiger partial charge on any atom is -0.480 e. The molecule has 2 aromatic heterocycles. The van der Waals surface area contributed by atoms with Crippen LogP contribution in [0.2, 0.25) is 5.02 Å². The lowest BCUT2D eigenvalue weighted by atomic mass is 10.3. The molecule has 5 N–H and O–H groups in total.